The number of nitrogens with zero attached hydrogens (tertiary/aromatic N) is 6. The van der Waals surface area contributed by atoms with E-state index in [0.29, 0.717) is 11.5 Å². The molecular weight excluding hydrogens is 352 g/mol. The highest BCUT2D eigenvalue weighted by Crippen LogP contribution is 2.27. The molecule has 3 aromatic heterocycles. The minimum absolute atomic E-state index is 0.0286. The summed E-state index contributed by atoms with van der Waals surface area (Å²) in [6.45, 7) is 1.48. The van der Waals surface area contributed by atoms with Crippen molar-refractivity contribution in [3.63, 3.8) is 0 Å². The van der Waals surface area contributed by atoms with E-state index in [2.05, 4.69) is 15.1 Å². The molecule has 1 aliphatic rings. The zero-order valence-electron chi connectivity index (χ0n) is 15.6. The summed E-state index contributed by atoms with van der Waals surface area (Å²) >= 11 is 0. The number of pyridine rings is 1. The number of carbonyl (C=O) groups excluding carboxylic acids is 1. The van der Waals surface area contributed by atoms with E-state index in [1.165, 1.54) is 5.56 Å². The number of likely N-dealkylation sites (tertiary alicyclic amines) is 1. The van der Waals surface area contributed by atoms with Gasteiger partial charge in [-0.15, -0.1) is 0 Å². The number of hydrogen-bond acceptors (Lipinski definition) is 4. The monoisotopic (exact) mass is 372 g/mol. The fourth-order valence-electron chi connectivity index (χ4n) is 3.85. The number of aryl methyl sites for hydroxylation is 1. The molecule has 5 rings (SSSR count). The highest BCUT2D eigenvalue weighted by atomic mass is 16.2. The average Bonchev–Trinajstić information content (AvgIpc) is 3.46. The molecule has 140 valence electrons. The number of rotatable bonds is 3. The van der Waals surface area contributed by atoms with E-state index in [9.17, 15) is 4.79 Å². The molecule has 7 heteroatoms. The second-order valence-electron chi connectivity index (χ2n) is 7.19. The molecule has 1 aromatic carbocycles. The van der Waals surface area contributed by atoms with Gasteiger partial charge in [-0.05, 0) is 36.2 Å². The van der Waals surface area contributed by atoms with E-state index in [4.69, 9.17) is 0 Å². The van der Waals surface area contributed by atoms with Crippen LogP contribution in [-0.2, 0) is 7.05 Å². The lowest BCUT2D eigenvalue weighted by atomic mass is 10.0. The third-order valence-corrected chi connectivity index (χ3v) is 5.37. The van der Waals surface area contributed by atoms with Gasteiger partial charge in [-0.2, -0.15) is 5.10 Å². The minimum Gasteiger partial charge on any atom is -0.338 e. The molecule has 4 aromatic rings. The topological polar surface area (TPSA) is 68.8 Å². The molecule has 0 N–H and O–H groups in total. The summed E-state index contributed by atoms with van der Waals surface area (Å²) in [4.78, 5) is 23.7. The molecule has 0 radical (unpaired) electrons. The first-order chi connectivity index (χ1) is 13.7. The van der Waals surface area contributed by atoms with Crippen LogP contribution < -0.4 is 0 Å². The summed E-state index contributed by atoms with van der Waals surface area (Å²) in [5.74, 6) is 1.13. The van der Waals surface area contributed by atoms with Crippen LogP contribution in [0.4, 0.5) is 0 Å². The van der Waals surface area contributed by atoms with Gasteiger partial charge in [0.15, 0.2) is 0 Å². The number of para-hydroxylation sites is 2. The van der Waals surface area contributed by atoms with Crippen LogP contribution in [0.1, 0.15) is 28.3 Å². The van der Waals surface area contributed by atoms with Gasteiger partial charge in [-0.3, -0.25) is 14.0 Å². The summed E-state index contributed by atoms with van der Waals surface area (Å²) in [6.07, 6.45) is 8.30. The van der Waals surface area contributed by atoms with Crippen molar-refractivity contribution < 1.29 is 4.79 Å². The Balaban J connectivity index is 1.34. The van der Waals surface area contributed by atoms with Gasteiger partial charge in [-0.25, -0.2) is 9.97 Å². The number of imidazole rings is 1. The fraction of sp³-hybridized carbons (Fsp3) is 0.238. The van der Waals surface area contributed by atoms with Gasteiger partial charge in [0, 0.05) is 38.4 Å². The summed E-state index contributed by atoms with van der Waals surface area (Å²) in [6, 6.07) is 11.6. The van der Waals surface area contributed by atoms with E-state index in [1.807, 2.05) is 70.0 Å². The molecule has 1 unspecified atom stereocenters. The highest BCUT2D eigenvalue weighted by Gasteiger charge is 2.28. The van der Waals surface area contributed by atoms with Crippen LogP contribution in [0.25, 0.3) is 16.9 Å². The summed E-state index contributed by atoms with van der Waals surface area (Å²) in [5.41, 5.74) is 3.72. The Morgan fingerprint density at radius 2 is 2.00 bits per heavy atom. The van der Waals surface area contributed by atoms with Crippen molar-refractivity contribution in [3.8, 4) is 5.82 Å². The number of fused-ring (bicyclic) bond motifs is 1. The minimum atomic E-state index is 0.0286. The molecule has 0 bridgehead atoms. The number of hydrogen-bond donors (Lipinski definition) is 0. The molecule has 28 heavy (non-hydrogen) atoms. The van der Waals surface area contributed by atoms with Crippen molar-refractivity contribution in [1.82, 2.24) is 29.2 Å². The van der Waals surface area contributed by atoms with E-state index in [1.54, 1.807) is 12.5 Å². The van der Waals surface area contributed by atoms with E-state index in [-0.39, 0.29) is 5.91 Å². The summed E-state index contributed by atoms with van der Waals surface area (Å²) in [5, 5.41) is 4.24. The van der Waals surface area contributed by atoms with Gasteiger partial charge in [0.25, 0.3) is 5.91 Å². The van der Waals surface area contributed by atoms with Crippen molar-refractivity contribution in [2.45, 2.75) is 12.3 Å². The SMILES string of the molecule is Cn1cc(C2CCN(C(=O)c3ccc(-n4cnc5ccccc54)nc3)C2)cn1. The van der Waals surface area contributed by atoms with Crippen LogP contribution in [0.2, 0.25) is 0 Å². The van der Waals surface area contributed by atoms with Crippen LogP contribution in [-0.4, -0.2) is 48.2 Å². The zero-order valence-corrected chi connectivity index (χ0v) is 15.6. The predicted molar refractivity (Wildman–Crippen MR) is 105 cm³/mol. The lowest BCUT2D eigenvalue weighted by Gasteiger charge is -2.16. The number of benzene rings is 1. The molecule has 1 amide bonds. The summed E-state index contributed by atoms with van der Waals surface area (Å²) < 4.78 is 3.74. The Bertz CT molecular complexity index is 1140. The Morgan fingerprint density at radius 1 is 1.11 bits per heavy atom. The zero-order chi connectivity index (χ0) is 19.1. The van der Waals surface area contributed by atoms with E-state index >= 15 is 0 Å². The second kappa shape index (κ2) is 6.60. The lowest BCUT2D eigenvalue weighted by molar-refractivity contribution is 0.0790. The maximum atomic E-state index is 12.9. The van der Waals surface area contributed by atoms with Crippen LogP contribution in [0.5, 0.6) is 0 Å². The first kappa shape index (κ1) is 16.7. The average molecular weight is 372 g/mol. The maximum Gasteiger partial charge on any atom is 0.255 e. The molecule has 4 heterocycles. The van der Waals surface area contributed by atoms with E-state index in [0.717, 1.165) is 36.4 Å². The Labute approximate surface area is 162 Å². The van der Waals surface area contributed by atoms with Crippen molar-refractivity contribution in [3.05, 3.63) is 72.4 Å². The quantitative estimate of drug-likeness (QED) is 0.555. The van der Waals surface area contributed by atoms with Crippen molar-refractivity contribution >= 4 is 16.9 Å². The van der Waals surface area contributed by atoms with E-state index < -0.39 is 0 Å². The second-order valence-corrected chi connectivity index (χ2v) is 7.19. The summed E-state index contributed by atoms with van der Waals surface area (Å²) in [7, 11) is 1.91. The highest BCUT2D eigenvalue weighted by molar-refractivity contribution is 5.94. The first-order valence-electron chi connectivity index (χ1n) is 9.35. The molecule has 1 saturated heterocycles. The molecule has 0 saturated carbocycles. The number of amides is 1. The third kappa shape index (κ3) is 2.85. The lowest BCUT2D eigenvalue weighted by Crippen LogP contribution is -2.28. The van der Waals surface area contributed by atoms with Gasteiger partial charge in [0.1, 0.15) is 12.1 Å². The molecule has 7 nitrogen and oxygen atoms in total. The number of aromatic nitrogens is 5. The smallest absolute Gasteiger partial charge is 0.255 e. The van der Waals surface area contributed by atoms with Gasteiger partial charge in [0.2, 0.25) is 0 Å². The molecule has 1 aliphatic heterocycles. The van der Waals surface area contributed by atoms with Gasteiger partial charge in [-0.1, -0.05) is 12.1 Å². The van der Waals surface area contributed by atoms with Gasteiger partial charge in [0.05, 0.1) is 22.8 Å². The Hall–Kier alpha value is -3.48. The van der Waals surface area contributed by atoms with Crippen molar-refractivity contribution in [1.29, 1.82) is 0 Å². The van der Waals surface area contributed by atoms with Crippen molar-refractivity contribution in [2.24, 2.45) is 7.05 Å². The first-order valence-corrected chi connectivity index (χ1v) is 9.35. The standard InChI is InChI=1S/C21H20N6O/c1-25-12-17(11-24-25)16-8-9-26(13-16)21(28)15-6-7-20(22-10-15)27-14-23-18-4-2-3-5-19(18)27/h2-7,10-12,14,16H,8-9,13H2,1H3. The number of carbonyl (C=O) groups is 1. The van der Waals surface area contributed by atoms with Crippen LogP contribution in [0, 0.1) is 0 Å². The molecular formula is C21H20N6O. The maximum absolute atomic E-state index is 12.9. The molecule has 1 fully saturated rings. The predicted octanol–water partition coefficient (Wildman–Crippen LogP) is 2.78. The fourth-order valence-corrected chi connectivity index (χ4v) is 3.85. The van der Waals surface area contributed by atoms with Crippen molar-refractivity contribution in [2.75, 3.05) is 13.1 Å². The van der Waals surface area contributed by atoms with Crippen LogP contribution in [0.3, 0.4) is 0 Å². The van der Waals surface area contributed by atoms with Crippen LogP contribution in [0.15, 0.2) is 61.3 Å². The van der Waals surface area contributed by atoms with Gasteiger partial charge < -0.3 is 4.90 Å². The van der Waals surface area contributed by atoms with Gasteiger partial charge >= 0.3 is 0 Å². The normalized spacial score (nSPS) is 16.8. The molecule has 0 spiro atoms. The largest absolute Gasteiger partial charge is 0.338 e. The van der Waals surface area contributed by atoms with Crippen LogP contribution >= 0.6 is 0 Å². The Kier molecular flexibility index (Phi) is 3.93. The third-order valence-electron chi connectivity index (χ3n) is 5.37. The molecule has 1 atom stereocenters. The Morgan fingerprint density at radius 3 is 2.79 bits per heavy atom. The molecule has 0 aliphatic carbocycles.